The fourth-order valence-electron chi connectivity index (χ4n) is 2.82. The number of phenolic OH excluding ortho intramolecular Hbond substituents is 1. The summed E-state index contributed by atoms with van der Waals surface area (Å²) in [7, 11) is 0. The number of carboxylic acid groups (broad SMARTS) is 1. The topological polar surface area (TPSA) is 99.4 Å². The van der Waals surface area contributed by atoms with Crippen molar-refractivity contribution in [2.45, 2.75) is 26.4 Å². The Bertz CT molecular complexity index is 1000. The minimum absolute atomic E-state index is 0.144. The lowest BCUT2D eigenvalue weighted by molar-refractivity contribution is -0.145. The summed E-state index contributed by atoms with van der Waals surface area (Å²) < 4.78 is 5.66. The summed E-state index contributed by atoms with van der Waals surface area (Å²) in [5.41, 5.74) is 1.24. The molecule has 0 spiro atoms. The van der Waals surface area contributed by atoms with Crippen LogP contribution in [0, 0.1) is 0 Å². The maximum absolute atomic E-state index is 12.9. The molecule has 2 aromatic rings. The van der Waals surface area contributed by atoms with Crippen molar-refractivity contribution in [3.63, 3.8) is 0 Å². The number of benzene rings is 2. The lowest BCUT2D eigenvalue weighted by Gasteiger charge is -2.15. The Balaban J connectivity index is 1.92. The van der Waals surface area contributed by atoms with Gasteiger partial charge in [0.15, 0.2) is 11.3 Å². The number of amides is 1. The minimum Gasteiger partial charge on any atom is -0.508 e. The molecule has 3 rings (SSSR count). The zero-order chi connectivity index (χ0) is 21.7. The number of aliphatic carboxylic acids is 1. The Morgan fingerprint density at radius 1 is 1.20 bits per heavy atom. The van der Waals surface area contributed by atoms with Gasteiger partial charge in [-0.05, 0) is 61.5 Å². The van der Waals surface area contributed by atoms with Crippen molar-refractivity contribution < 1.29 is 24.5 Å². The van der Waals surface area contributed by atoms with Crippen LogP contribution in [0.2, 0.25) is 0 Å². The van der Waals surface area contributed by atoms with Gasteiger partial charge in [0.2, 0.25) is 0 Å². The van der Waals surface area contributed by atoms with Crippen molar-refractivity contribution in [3.05, 3.63) is 59.0 Å². The number of phenols is 1. The fraction of sp³-hybridized carbons (Fsp3) is 0.227. The molecule has 156 valence electrons. The van der Waals surface area contributed by atoms with E-state index in [0.29, 0.717) is 40.0 Å². The van der Waals surface area contributed by atoms with E-state index < -0.39 is 12.1 Å². The number of likely N-dealkylation sites (N-methyl/N-ethyl adjacent to an activating group) is 1. The first kappa shape index (κ1) is 21.4. The van der Waals surface area contributed by atoms with Crippen LogP contribution in [0.5, 0.6) is 11.5 Å². The molecular formula is C22H22N2O5S. The van der Waals surface area contributed by atoms with Gasteiger partial charge in [0.25, 0.3) is 5.91 Å². The first-order valence-electron chi connectivity index (χ1n) is 9.50. The monoisotopic (exact) mass is 426 g/mol. The first-order valence-corrected chi connectivity index (χ1v) is 10.3. The molecule has 2 aromatic carbocycles. The number of hydrogen-bond donors (Lipinski definition) is 2. The van der Waals surface area contributed by atoms with Crippen LogP contribution in [0.4, 0.5) is 5.69 Å². The van der Waals surface area contributed by atoms with Gasteiger partial charge in [-0.2, -0.15) is 0 Å². The molecule has 30 heavy (non-hydrogen) atoms. The molecule has 1 saturated heterocycles. The number of amidine groups is 1. The predicted molar refractivity (Wildman–Crippen MR) is 117 cm³/mol. The van der Waals surface area contributed by atoms with Gasteiger partial charge < -0.3 is 14.9 Å². The van der Waals surface area contributed by atoms with E-state index in [4.69, 9.17) is 4.74 Å². The summed E-state index contributed by atoms with van der Waals surface area (Å²) in [6, 6.07) is 13.4. The molecule has 7 nitrogen and oxygen atoms in total. The smallest absolute Gasteiger partial charge is 0.344 e. The van der Waals surface area contributed by atoms with Gasteiger partial charge in [0.1, 0.15) is 11.5 Å². The number of rotatable bonds is 7. The summed E-state index contributed by atoms with van der Waals surface area (Å²) in [6.45, 7) is 4.06. The number of hydrogen-bond acceptors (Lipinski definition) is 6. The molecule has 0 bridgehead atoms. The SMILES string of the molecule is CCC(Oc1ccccc1/C=C1\SC(=Nc2ccc(O)cc2)N(CC)C1=O)C(=O)O. The van der Waals surface area contributed by atoms with Crippen molar-refractivity contribution >= 4 is 40.6 Å². The molecule has 1 atom stereocenters. The van der Waals surface area contributed by atoms with Crippen LogP contribution in [0.1, 0.15) is 25.8 Å². The fourth-order valence-corrected chi connectivity index (χ4v) is 3.87. The highest BCUT2D eigenvalue weighted by molar-refractivity contribution is 8.18. The second-order valence-corrected chi connectivity index (χ2v) is 7.47. The highest BCUT2D eigenvalue weighted by Crippen LogP contribution is 2.35. The number of aliphatic imine (C=N–C) groups is 1. The Hall–Kier alpha value is -3.26. The standard InChI is InChI=1S/C22H22N2O5S/c1-3-17(21(27)28)29-18-8-6-5-7-14(18)13-19-20(26)24(4-2)22(30-19)23-15-9-11-16(25)12-10-15/h5-13,17,25H,3-4H2,1-2H3,(H,27,28)/b19-13-,23-22?. The van der Waals surface area contributed by atoms with Crippen LogP contribution in [0.25, 0.3) is 6.08 Å². The van der Waals surface area contributed by atoms with Crippen molar-refractivity contribution in [1.29, 1.82) is 0 Å². The van der Waals surface area contributed by atoms with Crippen LogP contribution >= 0.6 is 11.8 Å². The zero-order valence-corrected chi connectivity index (χ0v) is 17.4. The Morgan fingerprint density at radius 3 is 2.53 bits per heavy atom. The highest BCUT2D eigenvalue weighted by Gasteiger charge is 2.32. The van der Waals surface area contributed by atoms with Gasteiger partial charge in [0, 0.05) is 12.1 Å². The van der Waals surface area contributed by atoms with E-state index in [-0.39, 0.29) is 11.7 Å². The largest absolute Gasteiger partial charge is 0.508 e. The predicted octanol–water partition coefficient (Wildman–Crippen LogP) is 4.26. The average molecular weight is 426 g/mol. The summed E-state index contributed by atoms with van der Waals surface area (Å²) in [4.78, 5) is 30.8. The number of para-hydroxylation sites is 1. The number of ether oxygens (including phenoxy) is 1. The molecule has 2 N–H and O–H groups in total. The maximum Gasteiger partial charge on any atom is 0.344 e. The van der Waals surface area contributed by atoms with Crippen LogP contribution in [0.15, 0.2) is 58.4 Å². The molecule has 1 aliphatic heterocycles. The lowest BCUT2D eigenvalue weighted by Crippen LogP contribution is -2.28. The summed E-state index contributed by atoms with van der Waals surface area (Å²) in [5.74, 6) is -0.670. The quantitative estimate of drug-likeness (QED) is 0.642. The Morgan fingerprint density at radius 2 is 1.90 bits per heavy atom. The number of carbonyl (C=O) groups excluding carboxylic acids is 1. The number of nitrogens with zero attached hydrogens (tertiary/aromatic N) is 2. The van der Waals surface area contributed by atoms with E-state index in [1.54, 1.807) is 54.3 Å². The molecule has 1 heterocycles. The van der Waals surface area contributed by atoms with E-state index in [9.17, 15) is 19.8 Å². The van der Waals surface area contributed by atoms with Gasteiger partial charge in [0.05, 0.1) is 10.6 Å². The van der Waals surface area contributed by atoms with Gasteiger partial charge in [-0.25, -0.2) is 9.79 Å². The third-order valence-electron chi connectivity index (χ3n) is 4.40. The van der Waals surface area contributed by atoms with Gasteiger partial charge in [-0.15, -0.1) is 0 Å². The Labute approximate surface area is 178 Å². The van der Waals surface area contributed by atoms with Crippen molar-refractivity contribution in [1.82, 2.24) is 4.90 Å². The van der Waals surface area contributed by atoms with Crippen LogP contribution in [-0.2, 0) is 9.59 Å². The molecule has 1 unspecified atom stereocenters. The van der Waals surface area contributed by atoms with E-state index in [1.807, 2.05) is 6.92 Å². The lowest BCUT2D eigenvalue weighted by atomic mass is 10.1. The Kier molecular flexibility index (Phi) is 6.79. The molecule has 0 saturated carbocycles. The third-order valence-corrected chi connectivity index (χ3v) is 5.41. The molecule has 0 radical (unpaired) electrons. The van der Waals surface area contributed by atoms with Crippen LogP contribution in [-0.4, -0.2) is 44.8 Å². The second-order valence-electron chi connectivity index (χ2n) is 6.46. The number of thioether (sulfide) groups is 1. The molecule has 1 amide bonds. The molecular weight excluding hydrogens is 404 g/mol. The minimum atomic E-state index is -1.04. The van der Waals surface area contributed by atoms with Gasteiger partial charge in [-0.1, -0.05) is 25.1 Å². The molecule has 0 aromatic heterocycles. The number of carboxylic acids is 1. The van der Waals surface area contributed by atoms with E-state index >= 15 is 0 Å². The third kappa shape index (κ3) is 4.83. The van der Waals surface area contributed by atoms with Crippen LogP contribution in [0.3, 0.4) is 0 Å². The van der Waals surface area contributed by atoms with Gasteiger partial charge >= 0.3 is 5.97 Å². The van der Waals surface area contributed by atoms with Crippen molar-refractivity contribution in [2.24, 2.45) is 4.99 Å². The van der Waals surface area contributed by atoms with Gasteiger partial charge in [-0.3, -0.25) is 9.69 Å². The van der Waals surface area contributed by atoms with Crippen molar-refractivity contribution in [3.8, 4) is 11.5 Å². The van der Waals surface area contributed by atoms with E-state index in [0.717, 1.165) is 0 Å². The first-order chi connectivity index (χ1) is 14.4. The highest BCUT2D eigenvalue weighted by atomic mass is 32.2. The van der Waals surface area contributed by atoms with Crippen LogP contribution < -0.4 is 4.74 Å². The maximum atomic E-state index is 12.9. The summed E-state index contributed by atoms with van der Waals surface area (Å²) in [5, 5.41) is 19.2. The van der Waals surface area contributed by atoms with E-state index in [1.165, 1.54) is 23.9 Å². The average Bonchev–Trinajstić information content (AvgIpc) is 3.02. The molecule has 8 heteroatoms. The molecule has 1 aliphatic rings. The molecule has 0 aliphatic carbocycles. The number of carbonyl (C=O) groups is 2. The summed E-state index contributed by atoms with van der Waals surface area (Å²) in [6.07, 6.45) is 1.05. The number of aromatic hydroxyl groups is 1. The summed E-state index contributed by atoms with van der Waals surface area (Å²) >= 11 is 1.24. The molecule has 1 fully saturated rings. The second kappa shape index (κ2) is 9.49. The normalized spacial score (nSPS) is 17.5. The van der Waals surface area contributed by atoms with E-state index in [2.05, 4.69) is 4.99 Å². The zero-order valence-electron chi connectivity index (χ0n) is 16.6. The van der Waals surface area contributed by atoms with Crippen molar-refractivity contribution in [2.75, 3.05) is 6.54 Å².